The van der Waals surface area contributed by atoms with E-state index >= 15 is 0 Å². The van der Waals surface area contributed by atoms with E-state index in [9.17, 15) is 24.8 Å². The maximum absolute atomic E-state index is 12.4. The Labute approximate surface area is 176 Å². The molecule has 1 aliphatic heterocycles. The van der Waals surface area contributed by atoms with E-state index in [-0.39, 0.29) is 43.2 Å². The molecule has 0 saturated heterocycles. The van der Waals surface area contributed by atoms with Crippen LogP contribution in [0.3, 0.4) is 0 Å². The summed E-state index contributed by atoms with van der Waals surface area (Å²) in [6.07, 6.45) is 0.992. The van der Waals surface area contributed by atoms with Crippen molar-refractivity contribution in [2.24, 2.45) is 16.5 Å². The number of guanidine groups is 1. The first-order valence-electron chi connectivity index (χ1n) is 9.34. The van der Waals surface area contributed by atoms with E-state index in [4.69, 9.17) is 16.1 Å². The lowest BCUT2D eigenvalue weighted by Gasteiger charge is -2.28. The number of benzene rings is 1. The zero-order valence-corrected chi connectivity index (χ0v) is 16.4. The Hall–Kier alpha value is -3.65. The van der Waals surface area contributed by atoms with Crippen molar-refractivity contribution in [1.82, 2.24) is 20.3 Å². The number of para-hydroxylation sites is 1. The molecule has 3 rings (SSSR count). The number of aliphatic hydroxyl groups excluding tert-OH is 1. The number of carboxylic acid groups (broad SMARTS) is 1. The first kappa shape index (κ1) is 22.0. The van der Waals surface area contributed by atoms with Crippen molar-refractivity contribution in [1.29, 1.82) is 0 Å². The Balaban J connectivity index is 1.57. The molecule has 1 unspecified atom stereocenters. The van der Waals surface area contributed by atoms with Gasteiger partial charge in [0.1, 0.15) is 12.3 Å². The Morgan fingerprint density at radius 3 is 2.90 bits per heavy atom. The van der Waals surface area contributed by atoms with Gasteiger partial charge in [-0.25, -0.2) is 9.48 Å². The van der Waals surface area contributed by atoms with Crippen LogP contribution in [0.1, 0.15) is 21.6 Å². The molecule has 1 aromatic heterocycles. The van der Waals surface area contributed by atoms with Gasteiger partial charge in [-0.1, -0.05) is 17.3 Å². The molecule has 164 valence electrons. The molecule has 0 bridgehead atoms. The topological polar surface area (TPSA) is 211 Å². The highest BCUT2D eigenvalue weighted by Gasteiger charge is 2.37. The quantitative estimate of drug-likeness (QED) is 0.144. The van der Waals surface area contributed by atoms with Crippen molar-refractivity contribution in [3.63, 3.8) is 0 Å². The third-order valence-corrected chi connectivity index (χ3v) is 4.52. The minimum atomic E-state index is -1.41. The van der Waals surface area contributed by atoms with E-state index in [0.29, 0.717) is 11.3 Å². The summed E-state index contributed by atoms with van der Waals surface area (Å²) in [6, 6.07) is 4.62. The second-order valence-electron chi connectivity index (χ2n) is 7.02. The number of hydrogen-bond acceptors (Lipinski definition) is 8. The van der Waals surface area contributed by atoms with Crippen LogP contribution in [0.15, 0.2) is 29.4 Å². The Morgan fingerprint density at radius 2 is 2.19 bits per heavy atom. The first-order valence-corrected chi connectivity index (χ1v) is 9.34. The number of carboxylic acids is 1. The summed E-state index contributed by atoms with van der Waals surface area (Å²) in [5.41, 5.74) is 11.4. The third-order valence-electron chi connectivity index (χ3n) is 4.52. The smallest absolute Gasteiger partial charge is 0.534 e. The van der Waals surface area contributed by atoms with E-state index in [0.717, 1.165) is 0 Å². The summed E-state index contributed by atoms with van der Waals surface area (Å²) in [4.78, 5) is 27.4. The highest BCUT2D eigenvalue weighted by atomic mass is 16.5. The molecule has 13 nitrogen and oxygen atoms in total. The third kappa shape index (κ3) is 5.70. The molecular weight excluding hydrogens is 409 g/mol. The minimum Gasteiger partial charge on any atom is -0.534 e. The molecule has 14 heteroatoms. The van der Waals surface area contributed by atoms with Gasteiger partial charge in [0.2, 0.25) is 5.91 Å². The van der Waals surface area contributed by atoms with E-state index < -0.39 is 31.0 Å². The van der Waals surface area contributed by atoms with Gasteiger partial charge in [-0.05, 0) is 18.1 Å². The maximum atomic E-state index is 12.4. The molecule has 0 saturated carbocycles. The maximum Gasteiger partial charge on any atom is 0.547 e. The van der Waals surface area contributed by atoms with Crippen molar-refractivity contribution in [3.05, 3.63) is 41.2 Å². The number of amides is 1. The number of carbonyl (C=O) groups excluding carboxylic acids is 1. The molecule has 2 heterocycles. The fraction of sp³-hybridized carbons (Fsp3) is 0.353. The number of rotatable bonds is 8. The predicted octanol–water partition coefficient (Wildman–Crippen LogP) is -2.71. The second-order valence-corrected chi connectivity index (χ2v) is 7.02. The summed E-state index contributed by atoms with van der Waals surface area (Å²) in [7, 11) is -1.41. The van der Waals surface area contributed by atoms with Crippen LogP contribution in [0.2, 0.25) is 0 Å². The summed E-state index contributed by atoms with van der Waals surface area (Å²) in [5, 5.41) is 39.7. The molecule has 0 spiro atoms. The van der Waals surface area contributed by atoms with Crippen molar-refractivity contribution in [2.45, 2.75) is 31.4 Å². The molecule has 8 N–H and O–H groups in total. The number of aliphatic imine (C=N–C) groups is 1. The van der Waals surface area contributed by atoms with Gasteiger partial charge in [0, 0.05) is 12.6 Å². The molecular formula is C17H22BN7O6. The number of aromatic carboxylic acids is 1. The van der Waals surface area contributed by atoms with Crippen LogP contribution in [-0.4, -0.2) is 73.8 Å². The largest absolute Gasteiger partial charge is 0.547 e. The van der Waals surface area contributed by atoms with Crippen LogP contribution >= 0.6 is 0 Å². The molecule has 2 atom stereocenters. The van der Waals surface area contributed by atoms with Crippen LogP contribution in [0, 0.1) is 0 Å². The van der Waals surface area contributed by atoms with Gasteiger partial charge in [-0.3, -0.25) is 9.79 Å². The van der Waals surface area contributed by atoms with Crippen LogP contribution in [0.4, 0.5) is 0 Å². The van der Waals surface area contributed by atoms with Crippen LogP contribution < -0.4 is 21.4 Å². The van der Waals surface area contributed by atoms with Crippen molar-refractivity contribution >= 4 is 25.0 Å². The number of carbonyl (C=O) groups is 2. The Kier molecular flexibility index (Phi) is 6.72. The lowest BCUT2D eigenvalue weighted by molar-refractivity contribution is -0.122. The van der Waals surface area contributed by atoms with Crippen molar-refractivity contribution < 1.29 is 29.5 Å². The molecule has 1 aromatic carbocycles. The van der Waals surface area contributed by atoms with Gasteiger partial charge in [-0.15, -0.1) is 5.10 Å². The van der Waals surface area contributed by atoms with Crippen LogP contribution in [-0.2, 0) is 24.2 Å². The summed E-state index contributed by atoms with van der Waals surface area (Å²) >= 11 is 0. The van der Waals surface area contributed by atoms with Crippen LogP contribution in [0.25, 0.3) is 0 Å². The number of nitrogens with one attached hydrogen (secondary N) is 1. The van der Waals surface area contributed by atoms with Gasteiger partial charge in [-0.2, -0.15) is 0 Å². The molecule has 0 aliphatic carbocycles. The number of aromatic nitrogens is 3. The number of nitrogens with two attached hydrogens (primary N) is 2. The van der Waals surface area contributed by atoms with E-state index in [1.54, 1.807) is 12.1 Å². The van der Waals surface area contributed by atoms with Gasteiger partial charge < -0.3 is 36.7 Å². The predicted molar refractivity (Wildman–Crippen MR) is 108 cm³/mol. The molecule has 0 fully saturated rings. The summed E-state index contributed by atoms with van der Waals surface area (Å²) in [5.74, 6) is -2.43. The highest BCUT2D eigenvalue weighted by Crippen LogP contribution is 2.30. The normalized spacial score (nSPS) is 16.1. The van der Waals surface area contributed by atoms with Gasteiger partial charge in [0.15, 0.2) is 5.96 Å². The fourth-order valence-corrected chi connectivity index (χ4v) is 3.14. The Bertz CT molecular complexity index is 993. The van der Waals surface area contributed by atoms with Crippen molar-refractivity contribution in [3.8, 4) is 5.75 Å². The SMILES string of the molecule is NC(N)=NCC(O)Cc1cn(CC(=O)N[C@H]2Cc3cccc(C(=O)O)c3OB2O)nn1. The van der Waals surface area contributed by atoms with E-state index in [1.807, 2.05) is 0 Å². The van der Waals surface area contributed by atoms with Crippen LogP contribution in [0.5, 0.6) is 5.75 Å². The van der Waals surface area contributed by atoms with E-state index in [2.05, 4.69) is 20.6 Å². The number of fused-ring (bicyclic) bond motifs is 1. The lowest BCUT2D eigenvalue weighted by Crippen LogP contribution is -2.53. The molecule has 2 aromatic rings. The van der Waals surface area contributed by atoms with E-state index in [1.165, 1.54) is 16.9 Å². The summed E-state index contributed by atoms with van der Waals surface area (Å²) in [6.45, 7) is -0.164. The molecule has 31 heavy (non-hydrogen) atoms. The summed E-state index contributed by atoms with van der Waals surface area (Å²) < 4.78 is 6.63. The van der Waals surface area contributed by atoms with Gasteiger partial charge in [0.05, 0.1) is 29.8 Å². The number of hydrogen-bond donors (Lipinski definition) is 6. The fourth-order valence-electron chi connectivity index (χ4n) is 3.14. The number of aliphatic hydroxyl groups is 1. The number of nitrogens with zero attached hydrogens (tertiary/aromatic N) is 4. The lowest BCUT2D eigenvalue weighted by atomic mass is 9.72. The zero-order chi connectivity index (χ0) is 22.5. The molecule has 0 radical (unpaired) electrons. The minimum absolute atomic E-state index is 0.0142. The van der Waals surface area contributed by atoms with Gasteiger partial charge >= 0.3 is 13.1 Å². The standard InChI is InChI=1S/C17H22BN7O6/c19-17(20)21-6-11(26)5-10-7-25(24-23-10)8-14(27)22-13-4-9-2-1-3-12(16(28)29)15(9)31-18(13)30/h1-3,7,11,13,26,30H,4-6,8H2,(H,22,27)(H,28,29)(H4,19,20,21)/t11?,13-/m0/s1. The Morgan fingerprint density at radius 1 is 1.42 bits per heavy atom. The first-order chi connectivity index (χ1) is 14.7. The zero-order valence-electron chi connectivity index (χ0n) is 16.4. The van der Waals surface area contributed by atoms with Gasteiger partial charge in [0.25, 0.3) is 0 Å². The highest BCUT2D eigenvalue weighted by molar-refractivity contribution is 6.47. The van der Waals surface area contributed by atoms with Crippen molar-refractivity contribution in [2.75, 3.05) is 6.54 Å². The molecule has 1 amide bonds. The monoisotopic (exact) mass is 431 g/mol. The molecule has 1 aliphatic rings. The average Bonchev–Trinajstić information content (AvgIpc) is 3.12. The average molecular weight is 431 g/mol. The second kappa shape index (κ2) is 9.44.